The number of nitrogens with one attached hydrogen (secondary N) is 3. The van der Waals surface area contributed by atoms with E-state index in [4.69, 9.17) is 26.2 Å². The van der Waals surface area contributed by atoms with Gasteiger partial charge in [-0.15, -0.1) is 0 Å². The van der Waals surface area contributed by atoms with Gasteiger partial charge in [0.05, 0.1) is 19.2 Å². The van der Waals surface area contributed by atoms with Gasteiger partial charge in [0.2, 0.25) is 17.7 Å². The van der Waals surface area contributed by atoms with Crippen molar-refractivity contribution in [2.24, 2.45) is 5.73 Å². The number of aliphatic hydroxyl groups is 1. The van der Waals surface area contributed by atoms with Gasteiger partial charge in [-0.1, -0.05) is 0 Å². The fraction of sp³-hybridized carbons (Fsp3) is 0.600. The maximum atomic E-state index is 12.2. The molecule has 0 rings (SSSR count). The highest BCUT2D eigenvalue weighted by Gasteiger charge is 2.26. The standard InChI is InChI=1S/C15H24N4O10/c16-7(1-3-11(22)23)13(26)19-8(2-4-12(24)25)14(27)17-5-10(21)18-9(6-20)15(28)29/h7-9,20H,1-6,16H2,(H,17,27)(H,18,21)(H,19,26)(H,22,23)(H,24,25)(H,28,29). The third-order valence-corrected chi connectivity index (χ3v) is 3.52. The van der Waals surface area contributed by atoms with Crippen molar-refractivity contribution in [1.82, 2.24) is 16.0 Å². The molecule has 14 heteroatoms. The van der Waals surface area contributed by atoms with Crippen LogP contribution in [-0.4, -0.2) is 87.3 Å². The van der Waals surface area contributed by atoms with Crippen LogP contribution in [0.15, 0.2) is 0 Å². The van der Waals surface area contributed by atoms with E-state index in [0.717, 1.165) is 0 Å². The summed E-state index contributed by atoms with van der Waals surface area (Å²) in [6, 6.07) is -4.21. The summed E-state index contributed by atoms with van der Waals surface area (Å²) in [4.78, 5) is 67.8. The Morgan fingerprint density at radius 3 is 1.83 bits per heavy atom. The quantitative estimate of drug-likeness (QED) is 0.135. The highest BCUT2D eigenvalue weighted by Crippen LogP contribution is 2.01. The van der Waals surface area contributed by atoms with E-state index in [1.165, 1.54) is 0 Å². The van der Waals surface area contributed by atoms with Crippen molar-refractivity contribution in [2.45, 2.75) is 43.8 Å². The Kier molecular flexibility index (Phi) is 11.5. The van der Waals surface area contributed by atoms with Gasteiger partial charge in [0.1, 0.15) is 12.1 Å². The van der Waals surface area contributed by atoms with Crippen molar-refractivity contribution in [3.8, 4) is 0 Å². The zero-order chi connectivity index (χ0) is 22.6. The summed E-state index contributed by atoms with van der Waals surface area (Å²) in [5.41, 5.74) is 5.52. The minimum atomic E-state index is -1.57. The summed E-state index contributed by atoms with van der Waals surface area (Å²) in [7, 11) is 0. The predicted molar refractivity (Wildman–Crippen MR) is 93.3 cm³/mol. The molecule has 0 aromatic rings. The van der Waals surface area contributed by atoms with E-state index in [1.807, 2.05) is 5.32 Å². The van der Waals surface area contributed by atoms with Crippen LogP contribution >= 0.6 is 0 Å². The Hall–Kier alpha value is -3.26. The van der Waals surface area contributed by atoms with Crippen molar-refractivity contribution in [3.05, 3.63) is 0 Å². The number of carbonyl (C=O) groups is 6. The van der Waals surface area contributed by atoms with E-state index in [-0.39, 0.29) is 12.8 Å². The fourth-order valence-corrected chi connectivity index (χ4v) is 1.95. The molecule has 3 atom stereocenters. The van der Waals surface area contributed by atoms with Crippen LogP contribution in [0.25, 0.3) is 0 Å². The first-order valence-corrected chi connectivity index (χ1v) is 8.38. The first-order valence-electron chi connectivity index (χ1n) is 8.38. The predicted octanol–water partition coefficient (Wildman–Crippen LogP) is -3.79. The van der Waals surface area contributed by atoms with E-state index in [9.17, 15) is 28.8 Å². The minimum absolute atomic E-state index is 0.214. The lowest BCUT2D eigenvalue weighted by Gasteiger charge is -2.20. The third-order valence-electron chi connectivity index (χ3n) is 3.52. The molecule has 29 heavy (non-hydrogen) atoms. The van der Waals surface area contributed by atoms with E-state index in [2.05, 4.69) is 10.6 Å². The number of hydrogen-bond acceptors (Lipinski definition) is 8. The molecule has 0 aliphatic heterocycles. The number of aliphatic carboxylic acids is 3. The average Bonchev–Trinajstić information content (AvgIpc) is 2.64. The van der Waals surface area contributed by atoms with Gasteiger partial charge in [-0.25, -0.2) is 4.79 Å². The molecule has 14 nitrogen and oxygen atoms in total. The summed E-state index contributed by atoms with van der Waals surface area (Å²) >= 11 is 0. The number of amides is 3. The first kappa shape index (κ1) is 25.7. The number of carboxylic acids is 3. The van der Waals surface area contributed by atoms with Gasteiger partial charge in [0.15, 0.2) is 0 Å². The maximum absolute atomic E-state index is 12.2. The maximum Gasteiger partial charge on any atom is 0.328 e. The van der Waals surface area contributed by atoms with Gasteiger partial charge in [0, 0.05) is 12.8 Å². The molecule has 0 bridgehead atoms. The normalized spacial score (nSPS) is 13.4. The molecule has 0 spiro atoms. The van der Waals surface area contributed by atoms with Gasteiger partial charge in [0.25, 0.3) is 0 Å². The van der Waals surface area contributed by atoms with Crippen molar-refractivity contribution in [3.63, 3.8) is 0 Å². The molecule has 164 valence electrons. The van der Waals surface area contributed by atoms with E-state index >= 15 is 0 Å². The number of carbonyl (C=O) groups excluding carboxylic acids is 3. The van der Waals surface area contributed by atoms with Crippen LogP contribution in [0.4, 0.5) is 0 Å². The number of aliphatic hydroxyl groups excluding tert-OH is 1. The highest BCUT2D eigenvalue weighted by atomic mass is 16.4. The lowest BCUT2D eigenvalue weighted by molar-refractivity contribution is -0.143. The van der Waals surface area contributed by atoms with Crippen molar-refractivity contribution in [2.75, 3.05) is 13.2 Å². The second-order valence-corrected chi connectivity index (χ2v) is 5.89. The van der Waals surface area contributed by atoms with Crippen LogP contribution in [0.5, 0.6) is 0 Å². The summed E-state index contributed by atoms with van der Waals surface area (Å²) in [5.74, 6) is -6.68. The Balaban J connectivity index is 4.84. The molecule has 0 heterocycles. The van der Waals surface area contributed by atoms with Gasteiger partial charge >= 0.3 is 17.9 Å². The molecule has 0 aliphatic rings. The smallest absolute Gasteiger partial charge is 0.328 e. The topological polar surface area (TPSA) is 245 Å². The first-order chi connectivity index (χ1) is 13.5. The zero-order valence-electron chi connectivity index (χ0n) is 15.3. The molecule has 0 fully saturated rings. The Bertz CT molecular complexity index is 639. The van der Waals surface area contributed by atoms with Crippen LogP contribution in [0, 0.1) is 0 Å². The zero-order valence-corrected chi connectivity index (χ0v) is 15.3. The third kappa shape index (κ3) is 11.2. The second-order valence-electron chi connectivity index (χ2n) is 5.89. The lowest BCUT2D eigenvalue weighted by Crippen LogP contribution is -2.53. The minimum Gasteiger partial charge on any atom is -0.481 e. The SMILES string of the molecule is NC(CCC(=O)O)C(=O)NC(CCC(=O)O)C(=O)NCC(=O)NC(CO)C(=O)O. The largest absolute Gasteiger partial charge is 0.481 e. The van der Waals surface area contributed by atoms with E-state index in [0.29, 0.717) is 0 Å². The van der Waals surface area contributed by atoms with Crippen LogP contribution in [0.1, 0.15) is 25.7 Å². The van der Waals surface area contributed by atoms with Gasteiger partial charge in [-0.05, 0) is 12.8 Å². The molecule has 0 saturated heterocycles. The Morgan fingerprint density at radius 1 is 0.793 bits per heavy atom. The van der Waals surface area contributed by atoms with Gasteiger partial charge in [-0.2, -0.15) is 0 Å². The molecule has 0 aromatic carbocycles. The van der Waals surface area contributed by atoms with Crippen molar-refractivity contribution >= 4 is 35.6 Å². The Morgan fingerprint density at radius 2 is 1.34 bits per heavy atom. The highest BCUT2D eigenvalue weighted by molar-refractivity contribution is 5.92. The molecule has 9 N–H and O–H groups in total. The van der Waals surface area contributed by atoms with Crippen LogP contribution in [0.2, 0.25) is 0 Å². The van der Waals surface area contributed by atoms with Crippen molar-refractivity contribution < 1.29 is 49.2 Å². The second kappa shape index (κ2) is 13.0. The molecular formula is C15H24N4O10. The molecule has 3 unspecified atom stereocenters. The van der Waals surface area contributed by atoms with E-state index in [1.54, 1.807) is 0 Å². The fourth-order valence-electron chi connectivity index (χ4n) is 1.95. The average molecular weight is 420 g/mol. The molecule has 0 aliphatic carbocycles. The molecule has 3 amide bonds. The molecule has 0 saturated carbocycles. The Labute approximate surface area is 164 Å². The monoisotopic (exact) mass is 420 g/mol. The number of rotatable bonds is 14. The molecular weight excluding hydrogens is 396 g/mol. The number of carboxylic acid groups (broad SMARTS) is 3. The summed E-state index contributed by atoms with van der Waals surface area (Å²) in [5, 5.41) is 41.1. The van der Waals surface area contributed by atoms with Crippen molar-refractivity contribution in [1.29, 1.82) is 0 Å². The van der Waals surface area contributed by atoms with Crippen LogP contribution in [0.3, 0.4) is 0 Å². The summed E-state index contributed by atoms with van der Waals surface area (Å²) < 4.78 is 0. The van der Waals surface area contributed by atoms with Crippen LogP contribution in [-0.2, 0) is 28.8 Å². The number of hydrogen-bond donors (Lipinski definition) is 8. The van der Waals surface area contributed by atoms with Crippen LogP contribution < -0.4 is 21.7 Å². The summed E-state index contributed by atoms with van der Waals surface area (Å²) in [6.45, 7) is -1.58. The molecule has 0 aromatic heterocycles. The lowest BCUT2D eigenvalue weighted by atomic mass is 10.1. The molecule has 0 radical (unpaired) electrons. The van der Waals surface area contributed by atoms with Gasteiger partial charge < -0.3 is 42.1 Å². The van der Waals surface area contributed by atoms with Gasteiger partial charge in [-0.3, -0.25) is 24.0 Å². The number of nitrogens with two attached hydrogens (primary N) is 1. The summed E-state index contributed by atoms with van der Waals surface area (Å²) in [6.07, 6.45) is -1.44. The van der Waals surface area contributed by atoms with E-state index < -0.39 is 79.7 Å².